The summed E-state index contributed by atoms with van der Waals surface area (Å²) >= 11 is 7.13. The lowest BCUT2D eigenvalue weighted by atomic mass is 10.1. The maximum Gasteiger partial charge on any atom is 0.0602 e. The maximum atomic E-state index is 4.60. The molecule has 0 atom stereocenters. The number of pyridine rings is 1. The van der Waals surface area contributed by atoms with Gasteiger partial charge in [-0.25, -0.2) is 0 Å². The smallest absolute Gasteiger partial charge is 0.0602 e. The first kappa shape index (κ1) is 15.5. The van der Waals surface area contributed by atoms with Gasteiger partial charge in [-0.1, -0.05) is 44.0 Å². The lowest BCUT2D eigenvalue weighted by Crippen LogP contribution is -2.23. The molecule has 0 unspecified atom stereocenters. The molecule has 106 valence electrons. The van der Waals surface area contributed by atoms with E-state index in [1.165, 1.54) is 11.3 Å². The van der Waals surface area contributed by atoms with E-state index >= 15 is 0 Å². The van der Waals surface area contributed by atoms with Crippen molar-refractivity contribution in [3.8, 4) is 0 Å². The van der Waals surface area contributed by atoms with Gasteiger partial charge < -0.3 is 4.90 Å². The predicted octanol–water partition coefficient (Wildman–Crippen LogP) is 5.07. The topological polar surface area (TPSA) is 16.1 Å². The van der Waals surface area contributed by atoms with Crippen LogP contribution in [-0.4, -0.2) is 11.5 Å². The van der Waals surface area contributed by atoms with E-state index in [0.29, 0.717) is 0 Å². The van der Waals surface area contributed by atoms with Crippen LogP contribution in [0.25, 0.3) is 0 Å². The molecule has 0 N–H and O–H groups in total. The zero-order valence-corrected chi connectivity index (χ0v) is 14.9. The Kier molecular flexibility index (Phi) is 5.61. The van der Waals surface area contributed by atoms with Gasteiger partial charge in [-0.3, -0.25) is 4.98 Å². The summed E-state index contributed by atoms with van der Waals surface area (Å²) in [5.74, 6) is 0. The standard InChI is InChI=1S/C16H18Br2N2/c1-3-20(11-15-6-4-5-12(2)19-15)16-9-14(18)8-7-13(16)10-17/h4-9H,3,10-11H2,1-2H3. The van der Waals surface area contributed by atoms with Crippen LogP contribution in [0.3, 0.4) is 0 Å². The molecule has 2 nitrogen and oxygen atoms in total. The highest BCUT2D eigenvalue weighted by Gasteiger charge is 2.11. The minimum atomic E-state index is 0.828. The number of benzene rings is 1. The molecule has 0 saturated heterocycles. The minimum Gasteiger partial charge on any atom is -0.366 e. The summed E-state index contributed by atoms with van der Waals surface area (Å²) in [5.41, 5.74) is 4.71. The average molecular weight is 398 g/mol. The lowest BCUT2D eigenvalue weighted by molar-refractivity contribution is 0.802. The second-order valence-electron chi connectivity index (χ2n) is 4.69. The molecular weight excluding hydrogens is 380 g/mol. The van der Waals surface area contributed by atoms with Crippen LogP contribution in [0.2, 0.25) is 0 Å². The van der Waals surface area contributed by atoms with Crippen LogP contribution in [0.5, 0.6) is 0 Å². The van der Waals surface area contributed by atoms with E-state index < -0.39 is 0 Å². The molecule has 2 rings (SSSR count). The van der Waals surface area contributed by atoms with Crippen molar-refractivity contribution in [1.82, 2.24) is 4.98 Å². The van der Waals surface area contributed by atoms with E-state index in [-0.39, 0.29) is 0 Å². The van der Waals surface area contributed by atoms with Crippen molar-refractivity contribution < 1.29 is 0 Å². The maximum absolute atomic E-state index is 4.60. The summed E-state index contributed by atoms with van der Waals surface area (Å²) in [5, 5.41) is 0.855. The van der Waals surface area contributed by atoms with Crippen LogP contribution >= 0.6 is 31.9 Å². The van der Waals surface area contributed by atoms with Crippen LogP contribution in [0.15, 0.2) is 40.9 Å². The molecule has 0 fully saturated rings. The van der Waals surface area contributed by atoms with Crippen LogP contribution in [-0.2, 0) is 11.9 Å². The number of anilines is 1. The van der Waals surface area contributed by atoms with Crippen LogP contribution in [0, 0.1) is 6.92 Å². The van der Waals surface area contributed by atoms with Gasteiger partial charge in [-0.15, -0.1) is 0 Å². The number of nitrogens with zero attached hydrogens (tertiary/aromatic N) is 2. The third kappa shape index (κ3) is 3.83. The number of aromatic nitrogens is 1. The van der Waals surface area contributed by atoms with E-state index in [4.69, 9.17) is 0 Å². The van der Waals surface area contributed by atoms with Crippen molar-refractivity contribution in [2.24, 2.45) is 0 Å². The predicted molar refractivity (Wildman–Crippen MR) is 92.5 cm³/mol. The zero-order valence-electron chi connectivity index (χ0n) is 11.7. The Hall–Kier alpha value is -0.870. The monoisotopic (exact) mass is 396 g/mol. The largest absolute Gasteiger partial charge is 0.366 e. The SMILES string of the molecule is CCN(Cc1cccc(C)n1)c1cc(Br)ccc1CBr. The van der Waals surface area contributed by atoms with E-state index in [0.717, 1.165) is 34.3 Å². The van der Waals surface area contributed by atoms with Gasteiger partial charge in [-0.2, -0.15) is 0 Å². The van der Waals surface area contributed by atoms with E-state index in [1.54, 1.807) is 0 Å². The highest BCUT2D eigenvalue weighted by molar-refractivity contribution is 9.10. The Morgan fingerprint density at radius 1 is 1.20 bits per heavy atom. The van der Waals surface area contributed by atoms with Crippen LogP contribution in [0.4, 0.5) is 5.69 Å². The van der Waals surface area contributed by atoms with Gasteiger partial charge in [0.15, 0.2) is 0 Å². The molecule has 0 aliphatic rings. The fourth-order valence-electron chi connectivity index (χ4n) is 2.19. The van der Waals surface area contributed by atoms with E-state index in [2.05, 4.69) is 79.0 Å². The first-order valence-corrected chi connectivity index (χ1v) is 8.57. The molecule has 0 amide bonds. The number of halogens is 2. The molecule has 0 spiro atoms. The molecule has 1 heterocycles. The van der Waals surface area contributed by atoms with E-state index in [9.17, 15) is 0 Å². The molecular formula is C16H18Br2N2. The van der Waals surface area contributed by atoms with Gasteiger partial charge in [0, 0.05) is 27.7 Å². The van der Waals surface area contributed by atoms with Crippen molar-refractivity contribution in [2.75, 3.05) is 11.4 Å². The number of hydrogen-bond donors (Lipinski definition) is 0. The third-order valence-electron chi connectivity index (χ3n) is 3.21. The van der Waals surface area contributed by atoms with Crippen molar-refractivity contribution in [2.45, 2.75) is 25.7 Å². The van der Waals surface area contributed by atoms with Gasteiger partial charge in [-0.05, 0) is 43.7 Å². The Labute approximate surface area is 137 Å². The summed E-state index contributed by atoms with van der Waals surface area (Å²) in [6.45, 7) is 5.98. The molecule has 0 aliphatic heterocycles. The number of hydrogen-bond acceptors (Lipinski definition) is 2. The van der Waals surface area contributed by atoms with Crippen molar-refractivity contribution >= 4 is 37.5 Å². The Balaban J connectivity index is 2.30. The molecule has 0 radical (unpaired) electrons. The second kappa shape index (κ2) is 7.23. The highest BCUT2D eigenvalue weighted by atomic mass is 79.9. The molecule has 0 saturated carbocycles. The quantitative estimate of drug-likeness (QED) is 0.654. The lowest BCUT2D eigenvalue weighted by Gasteiger charge is -2.25. The highest BCUT2D eigenvalue weighted by Crippen LogP contribution is 2.28. The fourth-order valence-corrected chi connectivity index (χ4v) is 3.02. The Morgan fingerprint density at radius 2 is 2.00 bits per heavy atom. The Bertz CT molecular complexity index is 584. The molecule has 0 aliphatic carbocycles. The summed E-state index contributed by atoms with van der Waals surface area (Å²) in [7, 11) is 0. The fraction of sp³-hybridized carbons (Fsp3) is 0.312. The third-order valence-corrected chi connectivity index (χ3v) is 4.31. The van der Waals surface area contributed by atoms with Gasteiger partial charge in [0.25, 0.3) is 0 Å². The normalized spacial score (nSPS) is 10.6. The van der Waals surface area contributed by atoms with Crippen molar-refractivity contribution in [3.05, 3.63) is 57.8 Å². The van der Waals surface area contributed by atoms with Gasteiger partial charge in [0.2, 0.25) is 0 Å². The van der Waals surface area contributed by atoms with Gasteiger partial charge in [0.1, 0.15) is 0 Å². The number of alkyl halides is 1. The number of rotatable bonds is 5. The Morgan fingerprint density at radius 3 is 2.65 bits per heavy atom. The average Bonchev–Trinajstić information content (AvgIpc) is 2.45. The van der Waals surface area contributed by atoms with Crippen LogP contribution in [0.1, 0.15) is 23.9 Å². The summed E-state index contributed by atoms with van der Waals surface area (Å²) in [6, 6.07) is 12.6. The van der Waals surface area contributed by atoms with Crippen molar-refractivity contribution in [1.29, 1.82) is 0 Å². The molecule has 0 bridgehead atoms. The zero-order chi connectivity index (χ0) is 14.5. The van der Waals surface area contributed by atoms with Crippen molar-refractivity contribution in [3.63, 3.8) is 0 Å². The summed E-state index contributed by atoms with van der Waals surface area (Å²) in [6.07, 6.45) is 0. The van der Waals surface area contributed by atoms with E-state index in [1.807, 2.05) is 13.0 Å². The minimum absolute atomic E-state index is 0.828. The van der Waals surface area contributed by atoms with Gasteiger partial charge in [0.05, 0.1) is 12.2 Å². The number of aryl methyl sites for hydroxylation is 1. The molecule has 2 aromatic rings. The van der Waals surface area contributed by atoms with Gasteiger partial charge >= 0.3 is 0 Å². The first-order valence-electron chi connectivity index (χ1n) is 6.66. The molecule has 4 heteroatoms. The summed E-state index contributed by atoms with van der Waals surface area (Å²) in [4.78, 5) is 6.95. The molecule has 1 aromatic heterocycles. The van der Waals surface area contributed by atoms with Crippen LogP contribution < -0.4 is 4.90 Å². The first-order chi connectivity index (χ1) is 9.63. The molecule has 20 heavy (non-hydrogen) atoms. The second-order valence-corrected chi connectivity index (χ2v) is 6.17. The molecule has 1 aromatic carbocycles. The summed E-state index contributed by atoms with van der Waals surface area (Å²) < 4.78 is 1.10.